The number of aliphatic hydroxyl groups is 1. The van der Waals surface area contributed by atoms with E-state index in [1.807, 2.05) is 6.07 Å². The number of halogens is 3. The molecule has 2 rings (SSSR count). The number of alkyl halides is 3. The lowest BCUT2D eigenvalue weighted by Gasteiger charge is -2.20. The topological polar surface area (TPSA) is 20.2 Å². The summed E-state index contributed by atoms with van der Waals surface area (Å²) in [7, 11) is 0. The van der Waals surface area contributed by atoms with Crippen LogP contribution in [-0.4, -0.2) is 5.11 Å². The fourth-order valence-corrected chi connectivity index (χ4v) is 2.26. The third kappa shape index (κ3) is 3.35. The molecule has 0 aliphatic carbocycles. The van der Waals surface area contributed by atoms with Gasteiger partial charge in [-0.1, -0.05) is 42.5 Å². The Bertz CT molecular complexity index is 569. The Labute approximate surface area is 120 Å². The van der Waals surface area contributed by atoms with Crippen LogP contribution >= 0.6 is 12.6 Å². The maximum absolute atomic E-state index is 12.7. The molecular formula is C15H13F3OS. The minimum Gasteiger partial charge on any atom is -0.387 e. The predicted molar refractivity (Wildman–Crippen MR) is 74.6 cm³/mol. The van der Waals surface area contributed by atoms with Crippen LogP contribution in [0.5, 0.6) is 0 Å². The molecule has 0 aromatic heterocycles. The van der Waals surface area contributed by atoms with E-state index in [1.165, 1.54) is 12.1 Å². The molecular weight excluding hydrogens is 285 g/mol. The smallest absolute Gasteiger partial charge is 0.387 e. The third-order valence-corrected chi connectivity index (χ3v) is 3.58. The fourth-order valence-electron chi connectivity index (χ4n) is 1.91. The molecule has 1 N–H and O–H groups in total. The Morgan fingerprint density at radius 1 is 0.900 bits per heavy atom. The monoisotopic (exact) mass is 298 g/mol. The van der Waals surface area contributed by atoms with E-state index in [2.05, 4.69) is 12.6 Å². The van der Waals surface area contributed by atoms with E-state index in [1.54, 1.807) is 24.3 Å². The highest BCUT2D eigenvalue weighted by atomic mass is 32.1. The van der Waals surface area contributed by atoms with Gasteiger partial charge >= 0.3 is 6.18 Å². The van der Waals surface area contributed by atoms with Gasteiger partial charge in [0.15, 0.2) is 0 Å². The summed E-state index contributed by atoms with van der Waals surface area (Å²) < 4.78 is 38.0. The van der Waals surface area contributed by atoms with Crippen molar-refractivity contribution in [1.82, 2.24) is 0 Å². The van der Waals surface area contributed by atoms with Crippen molar-refractivity contribution in [3.63, 3.8) is 0 Å². The number of hydrogen-bond donors (Lipinski definition) is 2. The molecule has 0 heterocycles. The van der Waals surface area contributed by atoms with Crippen LogP contribution < -0.4 is 0 Å². The maximum atomic E-state index is 12.7. The van der Waals surface area contributed by atoms with E-state index >= 15 is 0 Å². The van der Waals surface area contributed by atoms with E-state index in [0.29, 0.717) is 0 Å². The van der Waals surface area contributed by atoms with Crippen molar-refractivity contribution in [3.05, 3.63) is 71.3 Å². The standard InChI is InChI=1S/C15H13F3OS/c16-15(17,18)12-8-4-7-11(9-12)13(19)14(20)10-5-2-1-3-6-10/h1-9,13-14,19-20H/t13-,14-/m0/s1. The number of aliphatic hydroxyl groups excluding tert-OH is 1. The summed E-state index contributed by atoms with van der Waals surface area (Å²) in [5, 5.41) is 9.61. The van der Waals surface area contributed by atoms with Crippen LogP contribution in [0.2, 0.25) is 0 Å². The zero-order valence-corrected chi connectivity index (χ0v) is 11.3. The average Bonchev–Trinajstić information content (AvgIpc) is 2.46. The zero-order chi connectivity index (χ0) is 14.8. The Hall–Kier alpha value is -1.46. The number of rotatable bonds is 3. The molecule has 0 saturated carbocycles. The zero-order valence-electron chi connectivity index (χ0n) is 10.4. The predicted octanol–water partition coefficient (Wildman–Crippen LogP) is 4.41. The third-order valence-electron chi connectivity index (χ3n) is 3.00. The van der Waals surface area contributed by atoms with Crippen molar-refractivity contribution in [3.8, 4) is 0 Å². The Balaban J connectivity index is 2.27. The van der Waals surface area contributed by atoms with Gasteiger partial charge in [-0.25, -0.2) is 0 Å². The number of thiol groups is 1. The molecule has 0 radical (unpaired) electrons. The number of benzene rings is 2. The van der Waals surface area contributed by atoms with Crippen LogP contribution in [0.25, 0.3) is 0 Å². The minimum absolute atomic E-state index is 0.198. The molecule has 0 unspecified atom stereocenters. The summed E-state index contributed by atoms with van der Waals surface area (Å²) in [6, 6.07) is 13.6. The van der Waals surface area contributed by atoms with Crippen LogP contribution in [0.4, 0.5) is 13.2 Å². The molecule has 2 atom stereocenters. The van der Waals surface area contributed by atoms with Gasteiger partial charge in [0, 0.05) is 0 Å². The van der Waals surface area contributed by atoms with Gasteiger partial charge in [0.1, 0.15) is 0 Å². The molecule has 1 nitrogen and oxygen atoms in total. The second-order valence-electron chi connectivity index (χ2n) is 4.42. The van der Waals surface area contributed by atoms with Gasteiger partial charge < -0.3 is 5.11 Å². The SMILES string of the molecule is O[C@@H](c1cccc(C(F)(F)F)c1)[C@@H](S)c1ccccc1. The fraction of sp³-hybridized carbons (Fsp3) is 0.200. The van der Waals surface area contributed by atoms with Crippen molar-refractivity contribution in [2.45, 2.75) is 17.5 Å². The first kappa shape index (κ1) is 14.9. The maximum Gasteiger partial charge on any atom is 0.416 e. The van der Waals surface area contributed by atoms with Gasteiger partial charge in [-0.05, 0) is 23.3 Å². The molecule has 20 heavy (non-hydrogen) atoms. The molecule has 0 amide bonds. The van der Waals surface area contributed by atoms with Crippen molar-refractivity contribution in [1.29, 1.82) is 0 Å². The largest absolute Gasteiger partial charge is 0.416 e. The first-order valence-corrected chi connectivity index (χ1v) is 6.49. The summed E-state index contributed by atoms with van der Waals surface area (Å²) in [5.41, 5.74) is 0.173. The Morgan fingerprint density at radius 3 is 2.10 bits per heavy atom. The lowest BCUT2D eigenvalue weighted by Crippen LogP contribution is -2.09. The van der Waals surface area contributed by atoms with Crippen molar-refractivity contribution >= 4 is 12.6 Å². The van der Waals surface area contributed by atoms with Crippen molar-refractivity contribution in [2.24, 2.45) is 0 Å². The molecule has 0 bridgehead atoms. The quantitative estimate of drug-likeness (QED) is 0.804. The highest BCUT2D eigenvalue weighted by molar-refractivity contribution is 7.80. The van der Waals surface area contributed by atoms with Crippen LogP contribution in [0.1, 0.15) is 28.0 Å². The summed E-state index contributed by atoms with van der Waals surface area (Å²) in [6.45, 7) is 0. The van der Waals surface area contributed by atoms with E-state index in [9.17, 15) is 18.3 Å². The lowest BCUT2D eigenvalue weighted by molar-refractivity contribution is -0.137. The molecule has 0 saturated heterocycles. The normalized spacial score (nSPS) is 14.8. The van der Waals surface area contributed by atoms with Gasteiger partial charge in [0.2, 0.25) is 0 Å². The lowest BCUT2D eigenvalue weighted by atomic mass is 9.99. The van der Waals surface area contributed by atoms with Crippen LogP contribution in [0, 0.1) is 0 Å². The molecule has 5 heteroatoms. The van der Waals surface area contributed by atoms with E-state index < -0.39 is 23.1 Å². The molecule has 0 aliphatic rings. The molecule has 0 aliphatic heterocycles. The van der Waals surface area contributed by atoms with E-state index in [4.69, 9.17) is 0 Å². The second kappa shape index (κ2) is 5.89. The van der Waals surface area contributed by atoms with Crippen LogP contribution in [0.3, 0.4) is 0 Å². The first-order valence-electron chi connectivity index (χ1n) is 5.98. The molecule has 2 aromatic carbocycles. The average molecular weight is 298 g/mol. The Morgan fingerprint density at radius 2 is 1.50 bits per heavy atom. The van der Waals surface area contributed by atoms with Gasteiger partial charge in [-0.3, -0.25) is 0 Å². The molecule has 2 aromatic rings. The number of hydrogen-bond acceptors (Lipinski definition) is 2. The molecule has 0 fully saturated rings. The highest BCUT2D eigenvalue weighted by Crippen LogP contribution is 2.36. The van der Waals surface area contributed by atoms with Crippen molar-refractivity contribution < 1.29 is 18.3 Å². The van der Waals surface area contributed by atoms with Gasteiger partial charge in [0.05, 0.1) is 16.9 Å². The van der Waals surface area contributed by atoms with Crippen LogP contribution in [-0.2, 0) is 6.18 Å². The minimum atomic E-state index is -4.42. The first-order chi connectivity index (χ1) is 9.39. The summed E-state index contributed by atoms with van der Waals surface area (Å²) >= 11 is 4.30. The second-order valence-corrected chi connectivity index (χ2v) is 4.98. The van der Waals surface area contributed by atoms with Crippen molar-refractivity contribution in [2.75, 3.05) is 0 Å². The van der Waals surface area contributed by atoms with E-state index in [-0.39, 0.29) is 5.56 Å². The van der Waals surface area contributed by atoms with Gasteiger partial charge in [0.25, 0.3) is 0 Å². The molecule has 106 valence electrons. The molecule has 0 spiro atoms. The van der Waals surface area contributed by atoms with Gasteiger partial charge in [-0.2, -0.15) is 25.8 Å². The van der Waals surface area contributed by atoms with E-state index in [0.717, 1.165) is 17.7 Å². The highest BCUT2D eigenvalue weighted by Gasteiger charge is 2.31. The van der Waals surface area contributed by atoms with Gasteiger partial charge in [-0.15, -0.1) is 0 Å². The van der Waals surface area contributed by atoms with Crippen LogP contribution in [0.15, 0.2) is 54.6 Å². The summed E-state index contributed by atoms with van der Waals surface area (Å²) in [5.74, 6) is 0. The summed E-state index contributed by atoms with van der Waals surface area (Å²) in [4.78, 5) is 0. The summed E-state index contributed by atoms with van der Waals surface area (Å²) in [6.07, 6.45) is -5.53. The Kier molecular flexibility index (Phi) is 4.40.